The Hall–Kier alpha value is -1.52. The fraction of sp³-hybridized carbons (Fsp3) is 0.765. The molecule has 1 aliphatic rings. The molecule has 5 heteroatoms. The molecule has 0 radical (unpaired) electrons. The summed E-state index contributed by atoms with van der Waals surface area (Å²) < 4.78 is 5.58. The maximum absolute atomic E-state index is 5.58. The van der Waals surface area contributed by atoms with E-state index in [-0.39, 0.29) is 0 Å². The summed E-state index contributed by atoms with van der Waals surface area (Å²) in [5.41, 5.74) is 1.41. The van der Waals surface area contributed by atoms with Gasteiger partial charge in [-0.05, 0) is 44.4 Å². The lowest BCUT2D eigenvalue weighted by atomic mass is 9.64. The highest BCUT2D eigenvalue weighted by atomic mass is 16.4. The van der Waals surface area contributed by atoms with E-state index in [0.29, 0.717) is 17.9 Å². The van der Waals surface area contributed by atoms with Crippen molar-refractivity contribution in [2.24, 2.45) is 16.3 Å². The van der Waals surface area contributed by atoms with Crippen LogP contribution in [0.5, 0.6) is 0 Å². The Morgan fingerprint density at radius 3 is 2.50 bits per heavy atom. The number of guanidine groups is 1. The average Bonchev–Trinajstić information content (AvgIpc) is 2.74. The number of oxazole rings is 1. The van der Waals surface area contributed by atoms with Gasteiger partial charge in [-0.15, -0.1) is 0 Å². The third-order valence-corrected chi connectivity index (χ3v) is 4.59. The second kappa shape index (κ2) is 7.16. The smallest absolute Gasteiger partial charge is 0.214 e. The molecule has 0 unspecified atom stereocenters. The number of hydrogen-bond acceptors (Lipinski definition) is 3. The Morgan fingerprint density at radius 1 is 1.32 bits per heavy atom. The zero-order valence-electron chi connectivity index (χ0n) is 14.6. The highest BCUT2D eigenvalue weighted by molar-refractivity contribution is 5.79. The monoisotopic (exact) mass is 306 g/mol. The Balaban J connectivity index is 1.82. The summed E-state index contributed by atoms with van der Waals surface area (Å²) in [4.78, 5) is 8.68. The van der Waals surface area contributed by atoms with Gasteiger partial charge in [0.1, 0.15) is 5.76 Å². The predicted octanol–water partition coefficient (Wildman–Crippen LogP) is 3.17. The van der Waals surface area contributed by atoms with Crippen LogP contribution in [0.3, 0.4) is 0 Å². The zero-order valence-corrected chi connectivity index (χ0v) is 14.6. The summed E-state index contributed by atoms with van der Waals surface area (Å²) in [6, 6.07) is 0. The molecule has 1 saturated carbocycles. The number of aliphatic imine (C=N–C) groups is 1. The van der Waals surface area contributed by atoms with Crippen LogP contribution in [-0.4, -0.2) is 24.5 Å². The standard InChI is InChI=1S/C17H30N4O/c1-12(2)9-17(7-6-8-17)11-20-16(18-5)19-10-15-21-13(3)14(4)22-15/h12H,6-11H2,1-5H3,(H2,18,19,20). The number of nitrogens with zero attached hydrogens (tertiary/aromatic N) is 2. The SMILES string of the molecule is CN=C(NCc1nc(C)c(C)o1)NCC1(CC(C)C)CCC1. The van der Waals surface area contributed by atoms with Gasteiger partial charge in [0.25, 0.3) is 0 Å². The molecule has 0 aromatic carbocycles. The molecule has 0 atom stereocenters. The number of rotatable bonds is 6. The maximum Gasteiger partial charge on any atom is 0.214 e. The molecule has 5 nitrogen and oxygen atoms in total. The number of nitrogens with one attached hydrogen (secondary N) is 2. The third kappa shape index (κ3) is 4.24. The zero-order chi connectivity index (χ0) is 16.2. The lowest BCUT2D eigenvalue weighted by Gasteiger charge is -2.43. The molecule has 0 saturated heterocycles. The van der Waals surface area contributed by atoms with E-state index in [9.17, 15) is 0 Å². The molecule has 0 amide bonds. The van der Waals surface area contributed by atoms with Crippen LogP contribution < -0.4 is 10.6 Å². The third-order valence-electron chi connectivity index (χ3n) is 4.59. The van der Waals surface area contributed by atoms with Crippen molar-refractivity contribution in [3.05, 3.63) is 17.3 Å². The van der Waals surface area contributed by atoms with E-state index in [2.05, 4.69) is 34.5 Å². The van der Waals surface area contributed by atoms with Crippen LogP contribution in [-0.2, 0) is 6.54 Å². The summed E-state index contributed by atoms with van der Waals surface area (Å²) in [5.74, 6) is 3.16. The molecule has 0 spiro atoms. The van der Waals surface area contributed by atoms with Crippen molar-refractivity contribution in [2.45, 2.75) is 59.9 Å². The molecule has 1 aromatic heterocycles. The van der Waals surface area contributed by atoms with Gasteiger partial charge in [-0.3, -0.25) is 4.99 Å². The van der Waals surface area contributed by atoms with Gasteiger partial charge in [0.05, 0.1) is 12.2 Å². The lowest BCUT2D eigenvalue weighted by molar-refractivity contribution is 0.104. The minimum Gasteiger partial charge on any atom is -0.444 e. The van der Waals surface area contributed by atoms with Crippen LogP contribution in [0.1, 0.15) is 56.9 Å². The van der Waals surface area contributed by atoms with Gasteiger partial charge in [-0.2, -0.15) is 0 Å². The summed E-state index contributed by atoms with van der Waals surface area (Å²) in [6.45, 7) is 10.1. The molecule has 124 valence electrons. The van der Waals surface area contributed by atoms with Crippen molar-refractivity contribution in [2.75, 3.05) is 13.6 Å². The Kier molecular flexibility index (Phi) is 5.48. The van der Waals surface area contributed by atoms with Crippen molar-refractivity contribution in [3.8, 4) is 0 Å². The summed E-state index contributed by atoms with van der Waals surface area (Å²) in [5, 5.41) is 6.76. The van der Waals surface area contributed by atoms with E-state index in [0.717, 1.165) is 29.9 Å². The minimum absolute atomic E-state index is 0.460. The van der Waals surface area contributed by atoms with Crippen LogP contribution >= 0.6 is 0 Å². The molecule has 0 aliphatic heterocycles. The van der Waals surface area contributed by atoms with Crippen LogP contribution in [0, 0.1) is 25.2 Å². The van der Waals surface area contributed by atoms with Crippen molar-refractivity contribution in [1.82, 2.24) is 15.6 Å². The molecule has 1 aromatic rings. The molecule has 2 rings (SSSR count). The van der Waals surface area contributed by atoms with E-state index in [4.69, 9.17) is 4.42 Å². The second-order valence-corrected chi connectivity index (χ2v) is 6.98. The van der Waals surface area contributed by atoms with Gasteiger partial charge in [-0.25, -0.2) is 4.98 Å². The topological polar surface area (TPSA) is 62.5 Å². The highest BCUT2D eigenvalue weighted by Gasteiger charge is 2.37. The molecule has 22 heavy (non-hydrogen) atoms. The van der Waals surface area contributed by atoms with Gasteiger partial charge in [0, 0.05) is 13.6 Å². The van der Waals surface area contributed by atoms with E-state index >= 15 is 0 Å². The quantitative estimate of drug-likeness (QED) is 0.626. The summed E-state index contributed by atoms with van der Waals surface area (Å²) in [6.07, 6.45) is 5.30. The van der Waals surface area contributed by atoms with Crippen molar-refractivity contribution < 1.29 is 4.42 Å². The first-order valence-corrected chi connectivity index (χ1v) is 8.31. The summed E-state index contributed by atoms with van der Waals surface area (Å²) >= 11 is 0. The first-order chi connectivity index (χ1) is 10.4. The number of hydrogen-bond donors (Lipinski definition) is 2. The summed E-state index contributed by atoms with van der Waals surface area (Å²) in [7, 11) is 1.80. The first-order valence-electron chi connectivity index (χ1n) is 8.31. The molecule has 2 N–H and O–H groups in total. The van der Waals surface area contributed by atoms with Crippen LogP contribution in [0.15, 0.2) is 9.41 Å². The second-order valence-electron chi connectivity index (χ2n) is 6.98. The van der Waals surface area contributed by atoms with Gasteiger partial charge in [0.15, 0.2) is 5.96 Å². The number of aryl methyl sites for hydroxylation is 2. The Morgan fingerprint density at radius 2 is 2.05 bits per heavy atom. The molecular formula is C17H30N4O. The van der Waals surface area contributed by atoms with Crippen molar-refractivity contribution in [3.63, 3.8) is 0 Å². The Bertz CT molecular complexity index is 495. The van der Waals surface area contributed by atoms with E-state index in [1.165, 1.54) is 25.7 Å². The van der Waals surface area contributed by atoms with Gasteiger partial charge in [-0.1, -0.05) is 20.3 Å². The number of aromatic nitrogens is 1. The fourth-order valence-electron chi connectivity index (χ4n) is 3.26. The van der Waals surface area contributed by atoms with E-state index in [1.54, 1.807) is 7.05 Å². The van der Waals surface area contributed by atoms with Gasteiger partial charge >= 0.3 is 0 Å². The van der Waals surface area contributed by atoms with Crippen molar-refractivity contribution in [1.29, 1.82) is 0 Å². The van der Waals surface area contributed by atoms with E-state index < -0.39 is 0 Å². The lowest BCUT2D eigenvalue weighted by Crippen LogP contribution is -2.46. The molecule has 1 aliphatic carbocycles. The van der Waals surface area contributed by atoms with Crippen LogP contribution in [0.25, 0.3) is 0 Å². The molecule has 1 fully saturated rings. The van der Waals surface area contributed by atoms with E-state index in [1.807, 2.05) is 13.8 Å². The maximum atomic E-state index is 5.58. The predicted molar refractivity (Wildman–Crippen MR) is 89.9 cm³/mol. The fourth-order valence-corrected chi connectivity index (χ4v) is 3.26. The van der Waals surface area contributed by atoms with Crippen LogP contribution in [0.4, 0.5) is 0 Å². The Labute approximate surface area is 134 Å². The largest absolute Gasteiger partial charge is 0.444 e. The minimum atomic E-state index is 0.460. The van der Waals surface area contributed by atoms with Gasteiger partial charge < -0.3 is 15.1 Å². The first kappa shape index (κ1) is 16.8. The molecule has 0 bridgehead atoms. The normalized spacial score (nSPS) is 17.5. The van der Waals surface area contributed by atoms with Crippen molar-refractivity contribution >= 4 is 5.96 Å². The highest BCUT2D eigenvalue weighted by Crippen LogP contribution is 2.45. The molecular weight excluding hydrogens is 276 g/mol. The average molecular weight is 306 g/mol. The van der Waals surface area contributed by atoms with Crippen LogP contribution in [0.2, 0.25) is 0 Å². The molecule has 1 heterocycles. The van der Waals surface area contributed by atoms with Gasteiger partial charge in [0.2, 0.25) is 5.89 Å².